The zero-order chi connectivity index (χ0) is 12.5. The number of amides is 1. The van der Waals surface area contributed by atoms with Crippen molar-refractivity contribution in [1.82, 2.24) is 14.9 Å². The average Bonchev–Trinajstić information content (AvgIpc) is 2.88. The minimum absolute atomic E-state index is 0.00356. The van der Waals surface area contributed by atoms with Crippen molar-refractivity contribution in [3.63, 3.8) is 0 Å². The lowest BCUT2D eigenvalue weighted by molar-refractivity contribution is 0.0929. The van der Waals surface area contributed by atoms with E-state index < -0.39 is 0 Å². The van der Waals surface area contributed by atoms with Crippen molar-refractivity contribution in [1.29, 1.82) is 0 Å². The van der Waals surface area contributed by atoms with Gasteiger partial charge in [-0.25, -0.2) is 4.98 Å². The number of carbonyl (C=O) groups is 1. The molecule has 2 heterocycles. The van der Waals surface area contributed by atoms with Gasteiger partial charge in [0.25, 0.3) is 5.91 Å². The Balaban J connectivity index is 1.79. The van der Waals surface area contributed by atoms with Crippen molar-refractivity contribution in [2.24, 2.45) is 13.0 Å². The summed E-state index contributed by atoms with van der Waals surface area (Å²) in [4.78, 5) is 16.5. The molecule has 18 heavy (non-hydrogen) atoms. The summed E-state index contributed by atoms with van der Waals surface area (Å²) in [7, 11) is 1.97. The minimum Gasteiger partial charge on any atom is -0.342 e. The van der Waals surface area contributed by atoms with Gasteiger partial charge in [-0.05, 0) is 30.2 Å². The summed E-state index contributed by atoms with van der Waals surface area (Å²) in [5.41, 5.74) is 0.736. The van der Waals surface area contributed by atoms with Crippen LogP contribution in [0.1, 0.15) is 35.1 Å². The van der Waals surface area contributed by atoms with E-state index in [0.717, 1.165) is 11.4 Å². The van der Waals surface area contributed by atoms with Crippen LogP contribution in [0.4, 0.5) is 0 Å². The molecule has 0 saturated heterocycles. The van der Waals surface area contributed by atoms with Crippen LogP contribution in [0, 0.1) is 5.92 Å². The number of carbonyl (C=O) groups excluding carboxylic acids is 1. The standard InChI is InChI=1S/C13H15N3OS/c1-16-6-5-14-12(16)11(9-2-3-9)15-13(17)10-4-7-18-8-10/h4-9,11H,2-3H2,1H3,(H,15,17)/t11-/m0/s1. The Bertz CT molecular complexity index is 542. The molecule has 94 valence electrons. The van der Waals surface area contributed by atoms with Crippen molar-refractivity contribution < 1.29 is 4.79 Å². The third-order valence-corrected chi connectivity index (χ3v) is 3.98. The predicted octanol–water partition coefficient (Wildman–Crippen LogP) is 2.36. The average molecular weight is 261 g/mol. The number of rotatable bonds is 4. The summed E-state index contributed by atoms with van der Waals surface area (Å²) in [6.45, 7) is 0. The molecule has 4 nitrogen and oxygen atoms in total. The molecule has 0 aromatic carbocycles. The maximum Gasteiger partial charge on any atom is 0.252 e. The Labute approximate surface area is 110 Å². The quantitative estimate of drug-likeness (QED) is 0.918. The van der Waals surface area contributed by atoms with E-state index in [1.54, 1.807) is 6.20 Å². The molecule has 2 aromatic rings. The minimum atomic E-state index is -0.00356. The molecule has 1 fully saturated rings. The molecule has 1 N–H and O–H groups in total. The number of thiophene rings is 1. The monoisotopic (exact) mass is 261 g/mol. The lowest BCUT2D eigenvalue weighted by atomic mass is 10.1. The number of hydrogen-bond acceptors (Lipinski definition) is 3. The van der Waals surface area contributed by atoms with E-state index in [0.29, 0.717) is 5.92 Å². The molecule has 0 spiro atoms. The predicted molar refractivity (Wildman–Crippen MR) is 70.5 cm³/mol. The van der Waals surface area contributed by atoms with Gasteiger partial charge in [-0.3, -0.25) is 4.79 Å². The Morgan fingerprint density at radius 1 is 1.61 bits per heavy atom. The van der Waals surface area contributed by atoms with Gasteiger partial charge in [-0.2, -0.15) is 11.3 Å². The molecular formula is C13H15N3OS. The molecule has 1 atom stereocenters. The van der Waals surface area contributed by atoms with E-state index in [-0.39, 0.29) is 11.9 Å². The number of aryl methyl sites for hydroxylation is 1. The number of imidazole rings is 1. The lowest BCUT2D eigenvalue weighted by Gasteiger charge is -2.17. The highest BCUT2D eigenvalue weighted by atomic mass is 32.1. The number of hydrogen-bond donors (Lipinski definition) is 1. The maximum atomic E-state index is 12.1. The van der Waals surface area contributed by atoms with Crippen LogP contribution in [0.2, 0.25) is 0 Å². The Morgan fingerprint density at radius 3 is 3.00 bits per heavy atom. The first kappa shape index (κ1) is 11.5. The fourth-order valence-electron chi connectivity index (χ4n) is 2.12. The van der Waals surface area contributed by atoms with Gasteiger partial charge in [0.15, 0.2) is 0 Å². The summed E-state index contributed by atoms with van der Waals surface area (Å²) in [5.74, 6) is 1.48. The highest BCUT2D eigenvalue weighted by Gasteiger charge is 2.35. The van der Waals surface area contributed by atoms with Gasteiger partial charge in [0, 0.05) is 24.8 Å². The first-order valence-corrected chi connectivity index (χ1v) is 7.00. The van der Waals surface area contributed by atoms with Gasteiger partial charge in [0.05, 0.1) is 11.6 Å². The third-order valence-electron chi connectivity index (χ3n) is 3.30. The Kier molecular flexibility index (Phi) is 2.91. The second kappa shape index (κ2) is 4.57. The van der Waals surface area contributed by atoms with Gasteiger partial charge < -0.3 is 9.88 Å². The number of nitrogens with zero attached hydrogens (tertiary/aromatic N) is 2. The van der Waals surface area contributed by atoms with Crippen LogP contribution in [0.5, 0.6) is 0 Å². The molecule has 0 unspecified atom stereocenters. The topological polar surface area (TPSA) is 46.9 Å². The van der Waals surface area contributed by atoms with Gasteiger partial charge in [-0.1, -0.05) is 0 Å². The van der Waals surface area contributed by atoms with Gasteiger partial charge >= 0.3 is 0 Å². The molecular weight excluding hydrogens is 246 g/mol. The maximum absolute atomic E-state index is 12.1. The number of aromatic nitrogens is 2. The zero-order valence-electron chi connectivity index (χ0n) is 10.2. The van der Waals surface area contributed by atoms with Crippen LogP contribution in [0.3, 0.4) is 0 Å². The molecule has 1 amide bonds. The zero-order valence-corrected chi connectivity index (χ0v) is 11.0. The van der Waals surface area contributed by atoms with Gasteiger partial charge in [0.1, 0.15) is 5.82 Å². The largest absolute Gasteiger partial charge is 0.342 e. The Morgan fingerprint density at radius 2 is 2.44 bits per heavy atom. The van der Waals surface area contributed by atoms with E-state index in [1.807, 2.05) is 34.6 Å². The highest BCUT2D eigenvalue weighted by molar-refractivity contribution is 7.08. The van der Waals surface area contributed by atoms with Crippen LogP contribution in [0.15, 0.2) is 29.2 Å². The number of nitrogens with one attached hydrogen (secondary N) is 1. The van der Waals surface area contributed by atoms with Crippen LogP contribution in [-0.2, 0) is 7.05 Å². The second-order valence-electron chi connectivity index (χ2n) is 4.70. The smallest absolute Gasteiger partial charge is 0.252 e. The molecule has 1 aliphatic rings. The van der Waals surface area contributed by atoms with Crippen molar-refractivity contribution in [2.45, 2.75) is 18.9 Å². The summed E-state index contributed by atoms with van der Waals surface area (Å²) in [6, 6.07) is 1.89. The van der Waals surface area contributed by atoms with E-state index >= 15 is 0 Å². The summed E-state index contributed by atoms with van der Waals surface area (Å²) in [5, 5.41) is 6.90. The highest BCUT2D eigenvalue weighted by Crippen LogP contribution is 2.40. The summed E-state index contributed by atoms with van der Waals surface area (Å²) in [6.07, 6.45) is 6.03. The van der Waals surface area contributed by atoms with E-state index in [1.165, 1.54) is 24.2 Å². The van der Waals surface area contributed by atoms with E-state index in [2.05, 4.69) is 10.3 Å². The first-order valence-electron chi connectivity index (χ1n) is 6.06. The SMILES string of the molecule is Cn1ccnc1[C@@H](NC(=O)c1ccsc1)C1CC1. The van der Waals surface area contributed by atoms with Gasteiger partial charge in [-0.15, -0.1) is 0 Å². The molecule has 3 rings (SSSR count). The van der Waals surface area contributed by atoms with Crippen molar-refractivity contribution in [2.75, 3.05) is 0 Å². The fourth-order valence-corrected chi connectivity index (χ4v) is 2.75. The van der Waals surface area contributed by atoms with Crippen molar-refractivity contribution in [3.05, 3.63) is 40.6 Å². The Hall–Kier alpha value is -1.62. The van der Waals surface area contributed by atoms with Crippen LogP contribution >= 0.6 is 11.3 Å². The summed E-state index contributed by atoms with van der Waals surface area (Å²) >= 11 is 1.54. The van der Waals surface area contributed by atoms with Crippen molar-refractivity contribution in [3.8, 4) is 0 Å². The van der Waals surface area contributed by atoms with Crippen LogP contribution in [0.25, 0.3) is 0 Å². The molecule has 1 aliphatic carbocycles. The lowest BCUT2D eigenvalue weighted by Crippen LogP contribution is -2.31. The second-order valence-corrected chi connectivity index (χ2v) is 5.48. The molecule has 5 heteroatoms. The van der Waals surface area contributed by atoms with Crippen LogP contribution < -0.4 is 5.32 Å². The van der Waals surface area contributed by atoms with Gasteiger partial charge in [0.2, 0.25) is 0 Å². The van der Waals surface area contributed by atoms with Crippen molar-refractivity contribution >= 4 is 17.2 Å². The molecule has 0 bridgehead atoms. The third kappa shape index (κ3) is 2.18. The molecule has 1 saturated carbocycles. The molecule has 0 aliphatic heterocycles. The van der Waals surface area contributed by atoms with Crippen LogP contribution in [-0.4, -0.2) is 15.5 Å². The summed E-state index contributed by atoms with van der Waals surface area (Å²) < 4.78 is 1.98. The van der Waals surface area contributed by atoms with E-state index in [4.69, 9.17) is 0 Å². The fraction of sp³-hybridized carbons (Fsp3) is 0.385. The molecule has 0 radical (unpaired) electrons. The first-order chi connectivity index (χ1) is 8.75. The normalized spacial score (nSPS) is 16.5. The van der Waals surface area contributed by atoms with E-state index in [9.17, 15) is 4.79 Å². The molecule has 2 aromatic heterocycles.